The second-order valence-corrected chi connectivity index (χ2v) is 8.06. The average Bonchev–Trinajstić information content (AvgIpc) is 2.91. The number of nitrogens with two attached hydrogens (primary N) is 1. The number of aryl methyl sites for hydroxylation is 2. The maximum atomic E-state index is 12.9. The Hall–Kier alpha value is -1.62. The highest BCUT2D eigenvalue weighted by Crippen LogP contribution is 2.36. The van der Waals surface area contributed by atoms with Gasteiger partial charge in [0, 0.05) is 24.2 Å². The van der Waals surface area contributed by atoms with Gasteiger partial charge in [0.15, 0.2) is 0 Å². The number of likely N-dealkylation sites (tertiary alicyclic amines) is 1. The van der Waals surface area contributed by atoms with Gasteiger partial charge in [-0.3, -0.25) is 4.79 Å². The Morgan fingerprint density at radius 1 is 1.04 bits per heavy atom. The van der Waals surface area contributed by atoms with Crippen LogP contribution in [0.1, 0.15) is 65.9 Å². The minimum atomic E-state index is 0.0996. The van der Waals surface area contributed by atoms with Crippen LogP contribution in [0.4, 0.5) is 5.69 Å². The number of hydrogen-bond acceptors (Lipinski definition) is 4. The van der Waals surface area contributed by atoms with Gasteiger partial charge in [-0.15, -0.1) is 11.3 Å². The first-order chi connectivity index (χ1) is 11.7. The van der Waals surface area contributed by atoms with Crippen molar-refractivity contribution in [2.45, 2.75) is 57.8 Å². The van der Waals surface area contributed by atoms with E-state index in [2.05, 4.69) is 6.07 Å². The van der Waals surface area contributed by atoms with E-state index in [-0.39, 0.29) is 5.91 Å². The Morgan fingerprint density at radius 2 is 1.75 bits per heavy atom. The molecule has 0 spiro atoms. The fourth-order valence-electron chi connectivity index (χ4n) is 3.91. The molecule has 2 N–H and O–H groups in total. The summed E-state index contributed by atoms with van der Waals surface area (Å²) in [6, 6.07) is 2.21. The van der Waals surface area contributed by atoms with Crippen molar-refractivity contribution in [3.8, 4) is 0 Å². The number of anilines is 1. The molecule has 2 aliphatic rings. The van der Waals surface area contributed by atoms with Crippen molar-refractivity contribution in [2.24, 2.45) is 0 Å². The molecular weight excluding hydrogens is 318 g/mol. The lowest BCUT2D eigenvalue weighted by Gasteiger charge is -2.26. The molecule has 0 bridgehead atoms. The molecule has 0 atom stereocenters. The van der Waals surface area contributed by atoms with Crippen LogP contribution in [0.5, 0.6) is 0 Å². The van der Waals surface area contributed by atoms with Gasteiger partial charge in [-0.2, -0.15) is 0 Å². The molecule has 0 saturated carbocycles. The lowest BCUT2D eigenvalue weighted by molar-refractivity contribution is 0.0730. The van der Waals surface area contributed by atoms with E-state index in [0.29, 0.717) is 10.6 Å². The van der Waals surface area contributed by atoms with Crippen LogP contribution in [0.3, 0.4) is 0 Å². The molecular formula is C19H25N3OS. The second kappa shape index (κ2) is 6.71. The molecule has 0 radical (unpaired) electrons. The topological polar surface area (TPSA) is 59.2 Å². The number of fused-ring (bicyclic) bond motifs is 2. The van der Waals surface area contributed by atoms with Crippen LogP contribution in [-0.4, -0.2) is 28.9 Å². The first-order valence-electron chi connectivity index (χ1n) is 9.24. The number of thiophene rings is 1. The monoisotopic (exact) mass is 343 g/mol. The first-order valence-corrected chi connectivity index (χ1v) is 10.1. The predicted octanol–water partition coefficient (Wildman–Crippen LogP) is 4.16. The molecule has 4 rings (SSSR count). The van der Waals surface area contributed by atoms with Gasteiger partial charge in [0.2, 0.25) is 0 Å². The van der Waals surface area contributed by atoms with Crippen molar-refractivity contribution in [3.63, 3.8) is 0 Å². The van der Waals surface area contributed by atoms with Crippen molar-refractivity contribution < 1.29 is 4.79 Å². The van der Waals surface area contributed by atoms with Crippen LogP contribution in [0.2, 0.25) is 0 Å². The number of carbonyl (C=O) groups excluding carboxylic acids is 1. The van der Waals surface area contributed by atoms with E-state index in [9.17, 15) is 4.79 Å². The summed E-state index contributed by atoms with van der Waals surface area (Å²) in [4.78, 5) is 21.3. The summed E-state index contributed by atoms with van der Waals surface area (Å²) in [6.45, 7) is 1.72. The number of pyridine rings is 1. The number of carbonyl (C=O) groups is 1. The summed E-state index contributed by atoms with van der Waals surface area (Å²) < 4.78 is 0. The molecule has 1 aliphatic heterocycles. The zero-order valence-corrected chi connectivity index (χ0v) is 15.0. The van der Waals surface area contributed by atoms with Crippen molar-refractivity contribution >= 4 is 33.1 Å². The van der Waals surface area contributed by atoms with Gasteiger partial charge in [-0.1, -0.05) is 12.8 Å². The highest BCUT2D eigenvalue weighted by Gasteiger charge is 2.24. The van der Waals surface area contributed by atoms with E-state index in [4.69, 9.17) is 10.7 Å². The molecule has 0 aromatic carbocycles. The largest absolute Gasteiger partial charge is 0.397 e. The number of amides is 1. The fraction of sp³-hybridized carbons (Fsp3) is 0.579. The molecule has 1 amide bonds. The molecule has 5 heteroatoms. The van der Waals surface area contributed by atoms with Crippen molar-refractivity contribution in [3.05, 3.63) is 22.2 Å². The van der Waals surface area contributed by atoms with Crippen molar-refractivity contribution in [2.75, 3.05) is 18.8 Å². The summed E-state index contributed by atoms with van der Waals surface area (Å²) in [5.41, 5.74) is 9.57. The maximum absolute atomic E-state index is 12.9. The van der Waals surface area contributed by atoms with Crippen molar-refractivity contribution in [1.29, 1.82) is 0 Å². The molecule has 3 heterocycles. The first kappa shape index (κ1) is 15.9. The summed E-state index contributed by atoms with van der Waals surface area (Å²) in [7, 11) is 0. The molecule has 1 aliphatic carbocycles. The molecule has 1 saturated heterocycles. The highest BCUT2D eigenvalue weighted by atomic mass is 32.1. The minimum absolute atomic E-state index is 0.0996. The highest BCUT2D eigenvalue weighted by molar-refractivity contribution is 7.21. The zero-order valence-electron chi connectivity index (χ0n) is 14.1. The van der Waals surface area contributed by atoms with Crippen LogP contribution in [-0.2, 0) is 12.8 Å². The normalized spacial score (nSPS) is 18.9. The average molecular weight is 343 g/mol. The van der Waals surface area contributed by atoms with Gasteiger partial charge >= 0.3 is 0 Å². The third-order valence-electron chi connectivity index (χ3n) is 5.34. The van der Waals surface area contributed by atoms with E-state index in [1.807, 2.05) is 4.90 Å². The predicted molar refractivity (Wildman–Crippen MR) is 99.7 cm³/mol. The van der Waals surface area contributed by atoms with E-state index >= 15 is 0 Å². The summed E-state index contributed by atoms with van der Waals surface area (Å²) in [6.07, 6.45) is 10.6. The molecule has 1 fully saturated rings. The Balaban J connectivity index is 1.72. The summed E-state index contributed by atoms with van der Waals surface area (Å²) in [5, 5.41) is 0.986. The van der Waals surface area contributed by atoms with E-state index in [0.717, 1.165) is 49.0 Å². The molecule has 0 unspecified atom stereocenters. The van der Waals surface area contributed by atoms with Crippen LogP contribution in [0, 0.1) is 0 Å². The minimum Gasteiger partial charge on any atom is -0.397 e. The van der Waals surface area contributed by atoms with Gasteiger partial charge in [-0.25, -0.2) is 4.98 Å². The lowest BCUT2D eigenvalue weighted by Crippen LogP contribution is -2.35. The van der Waals surface area contributed by atoms with Gasteiger partial charge < -0.3 is 10.6 Å². The summed E-state index contributed by atoms with van der Waals surface area (Å²) >= 11 is 1.48. The van der Waals surface area contributed by atoms with Crippen LogP contribution in [0.15, 0.2) is 6.07 Å². The zero-order chi connectivity index (χ0) is 16.5. The number of nitrogens with zero attached hydrogens (tertiary/aromatic N) is 2. The van der Waals surface area contributed by atoms with Gasteiger partial charge in [0.25, 0.3) is 5.91 Å². The van der Waals surface area contributed by atoms with Gasteiger partial charge in [0.1, 0.15) is 9.71 Å². The van der Waals surface area contributed by atoms with E-state index < -0.39 is 0 Å². The van der Waals surface area contributed by atoms with Crippen LogP contribution in [0.25, 0.3) is 10.2 Å². The smallest absolute Gasteiger partial charge is 0.266 e. The Kier molecular flexibility index (Phi) is 4.44. The second-order valence-electron chi connectivity index (χ2n) is 7.06. The maximum Gasteiger partial charge on any atom is 0.266 e. The van der Waals surface area contributed by atoms with Crippen LogP contribution < -0.4 is 5.73 Å². The molecule has 24 heavy (non-hydrogen) atoms. The molecule has 128 valence electrons. The van der Waals surface area contributed by atoms with Crippen molar-refractivity contribution in [1.82, 2.24) is 9.88 Å². The number of piperidine rings is 1. The number of aromatic nitrogens is 1. The van der Waals surface area contributed by atoms with E-state index in [1.165, 1.54) is 54.7 Å². The quantitative estimate of drug-likeness (QED) is 0.845. The van der Waals surface area contributed by atoms with Gasteiger partial charge in [0.05, 0.1) is 5.69 Å². The van der Waals surface area contributed by atoms with Crippen LogP contribution >= 0.6 is 11.3 Å². The molecule has 2 aromatic heterocycles. The Morgan fingerprint density at radius 3 is 2.54 bits per heavy atom. The number of nitrogen functional groups attached to an aromatic ring is 1. The number of rotatable bonds is 1. The molecule has 2 aromatic rings. The Bertz CT molecular complexity index is 762. The lowest BCUT2D eigenvalue weighted by atomic mass is 9.96. The third-order valence-corrected chi connectivity index (χ3v) is 6.44. The molecule has 4 nitrogen and oxygen atoms in total. The number of hydrogen-bond donors (Lipinski definition) is 1. The summed E-state index contributed by atoms with van der Waals surface area (Å²) in [5.74, 6) is 0.0996. The van der Waals surface area contributed by atoms with E-state index in [1.54, 1.807) is 0 Å². The SMILES string of the molecule is Nc1c(C(=O)N2CCCCC2)sc2nc3c(cc12)CCCCCC3. The third kappa shape index (κ3) is 2.90. The fourth-order valence-corrected chi connectivity index (χ4v) is 4.98. The standard InChI is InChI=1S/C19H25N3OS/c20-16-14-12-13-8-4-1-2-5-9-15(13)21-18(14)24-17(16)19(23)22-10-6-3-7-11-22/h12H,1-11,20H2. The Labute approximate surface area is 147 Å². The van der Waals surface area contributed by atoms with Gasteiger partial charge in [-0.05, 0) is 56.6 Å².